The average Bonchev–Trinajstić information content (AvgIpc) is 2.92. The summed E-state index contributed by atoms with van der Waals surface area (Å²) in [6.45, 7) is 5.41. The third-order valence-electron chi connectivity index (χ3n) is 3.84. The summed E-state index contributed by atoms with van der Waals surface area (Å²) < 4.78 is 1.80. The number of nitrogens with zero attached hydrogens (tertiary/aromatic N) is 2. The topological polar surface area (TPSA) is 75.5 Å². The van der Waals surface area contributed by atoms with Gasteiger partial charge in [0.2, 0.25) is 5.91 Å². The van der Waals surface area contributed by atoms with Crippen molar-refractivity contribution in [2.45, 2.75) is 27.2 Å². The lowest BCUT2D eigenvalue weighted by Crippen LogP contribution is -2.16. The summed E-state index contributed by atoms with van der Waals surface area (Å²) in [5.74, 6) is -0.387. The minimum atomic E-state index is -0.229. The molecular weight excluding hydrogens is 316 g/mol. The van der Waals surface area contributed by atoms with Crippen molar-refractivity contribution in [1.82, 2.24) is 9.38 Å². The summed E-state index contributed by atoms with van der Waals surface area (Å²) in [5.41, 5.74) is 4.38. The fourth-order valence-corrected chi connectivity index (χ4v) is 2.75. The van der Waals surface area contributed by atoms with Crippen LogP contribution in [0.15, 0.2) is 42.6 Å². The van der Waals surface area contributed by atoms with Gasteiger partial charge in [-0.25, -0.2) is 4.98 Å². The molecular formula is C19H20N4O2. The molecule has 0 fully saturated rings. The van der Waals surface area contributed by atoms with Gasteiger partial charge in [0.05, 0.1) is 5.69 Å². The van der Waals surface area contributed by atoms with Gasteiger partial charge in [-0.2, -0.15) is 0 Å². The Bertz CT molecular complexity index is 959. The molecule has 0 aliphatic carbocycles. The molecule has 0 atom stereocenters. The molecule has 0 spiro atoms. The molecule has 128 valence electrons. The molecule has 1 aromatic carbocycles. The number of rotatable bonds is 4. The maximum Gasteiger partial charge on any atom is 0.274 e. The number of benzene rings is 1. The van der Waals surface area contributed by atoms with Gasteiger partial charge in [-0.15, -0.1) is 0 Å². The fourth-order valence-electron chi connectivity index (χ4n) is 2.75. The molecule has 2 aromatic heterocycles. The van der Waals surface area contributed by atoms with Crippen LogP contribution in [0.3, 0.4) is 0 Å². The van der Waals surface area contributed by atoms with Crippen LogP contribution in [0.2, 0.25) is 0 Å². The largest absolute Gasteiger partial charge is 0.326 e. The van der Waals surface area contributed by atoms with Gasteiger partial charge in [0.15, 0.2) is 0 Å². The molecule has 2 amide bonds. The quantitative estimate of drug-likeness (QED) is 0.766. The van der Waals surface area contributed by atoms with E-state index in [9.17, 15) is 9.59 Å². The molecule has 2 N–H and O–H groups in total. The van der Waals surface area contributed by atoms with E-state index in [4.69, 9.17) is 0 Å². The van der Waals surface area contributed by atoms with E-state index < -0.39 is 0 Å². The van der Waals surface area contributed by atoms with Crippen LogP contribution >= 0.6 is 0 Å². The second-order valence-corrected chi connectivity index (χ2v) is 5.91. The second kappa shape index (κ2) is 6.76. The normalized spacial score (nSPS) is 10.7. The summed E-state index contributed by atoms with van der Waals surface area (Å²) in [4.78, 5) is 28.6. The number of anilines is 2. The Morgan fingerprint density at radius 2 is 1.84 bits per heavy atom. The number of amides is 2. The molecule has 0 aliphatic rings. The first-order chi connectivity index (χ1) is 12.0. The number of hydrogen-bond acceptors (Lipinski definition) is 3. The van der Waals surface area contributed by atoms with Crippen LogP contribution in [0.1, 0.15) is 35.6 Å². The molecule has 6 heteroatoms. The highest BCUT2D eigenvalue weighted by Gasteiger charge is 2.18. The Kier molecular flexibility index (Phi) is 4.52. The van der Waals surface area contributed by atoms with E-state index in [2.05, 4.69) is 15.6 Å². The minimum absolute atomic E-state index is 0.158. The van der Waals surface area contributed by atoms with Gasteiger partial charge >= 0.3 is 0 Å². The van der Waals surface area contributed by atoms with E-state index in [1.54, 1.807) is 28.7 Å². The van der Waals surface area contributed by atoms with Gasteiger partial charge in [-0.3, -0.25) is 14.0 Å². The first-order valence-corrected chi connectivity index (χ1v) is 8.14. The van der Waals surface area contributed by atoms with Gasteiger partial charge in [0, 0.05) is 24.5 Å². The SMILES string of the molecule is CCc1nc2cc(C)ccn2c1C(=O)Nc1cccc(NC(C)=O)c1. The van der Waals surface area contributed by atoms with Crippen LogP contribution in [-0.4, -0.2) is 21.2 Å². The first kappa shape index (κ1) is 16.7. The molecule has 25 heavy (non-hydrogen) atoms. The molecule has 3 rings (SSSR count). The van der Waals surface area contributed by atoms with Crippen molar-refractivity contribution in [2.75, 3.05) is 10.6 Å². The fraction of sp³-hybridized carbons (Fsp3) is 0.211. The molecule has 3 aromatic rings. The summed E-state index contributed by atoms with van der Waals surface area (Å²) >= 11 is 0. The Morgan fingerprint density at radius 1 is 1.12 bits per heavy atom. The molecule has 2 heterocycles. The third kappa shape index (κ3) is 3.52. The highest BCUT2D eigenvalue weighted by atomic mass is 16.2. The molecule has 0 saturated heterocycles. The van der Waals surface area contributed by atoms with Crippen LogP contribution in [0, 0.1) is 6.92 Å². The standard InChI is InChI=1S/C19H20N4O2/c1-4-16-18(23-9-8-12(2)10-17(23)22-16)19(25)21-15-7-5-6-14(11-15)20-13(3)24/h5-11H,4H2,1-3H3,(H,20,24)(H,21,25). The van der Waals surface area contributed by atoms with Crippen molar-refractivity contribution in [2.24, 2.45) is 0 Å². The molecule has 0 unspecified atom stereocenters. The zero-order valence-corrected chi connectivity index (χ0v) is 14.5. The highest BCUT2D eigenvalue weighted by molar-refractivity contribution is 6.05. The van der Waals surface area contributed by atoms with Gasteiger partial charge in [-0.05, 0) is 49.2 Å². The van der Waals surface area contributed by atoms with E-state index in [1.165, 1.54) is 6.92 Å². The highest BCUT2D eigenvalue weighted by Crippen LogP contribution is 2.19. The smallest absolute Gasteiger partial charge is 0.274 e. The number of carbonyl (C=O) groups excluding carboxylic acids is 2. The van der Waals surface area contributed by atoms with E-state index in [0.29, 0.717) is 23.5 Å². The van der Waals surface area contributed by atoms with E-state index in [1.807, 2.05) is 32.2 Å². The third-order valence-corrected chi connectivity index (χ3v) is 3.84. The van der Waals surface area contributed by atoms with Crippen molar-refractivity contribution in [1.29, 1.82) is 0 Å². The number of hydrogen-bond donors (Lipinski definition) is 2. The molecule has 0 saturated carbocycles. The number of nitrogens with one attached hydrogen (secondary N) is 2. The molecule has 6 nitrogen and oxygen atoms in total. The van der Waals surface area contributed by atoms with Crippen molar-refractivity contribution < 1.29 is 9.59 Å². The van der Waals surface area contributed by atoms with Crippen LogP contribution < -0.4 is 10.6 Å². The summed E-state index contributed by atoms with van der Waals surface area (Å²) in [6, 6.07) is 10.9. The lowest BCUT2D eigenvalue weighted by atomic mass is 10.2. The Labute approximate surface area is 145 Å². The number of pyridine rings is 1. The number of aryl methyl sites for hydroxylation is 2. The van der Waals surface area contributed by atoms with Crippen molar-refractivity contribution in [3.05, 3.63) is 59.5 Å². The second-order valence-electron chi connectivity index (χ2n) is 5.91. The summed E-state index contributed by atoms with van der Waals surface area (Å²) in [6.07, 6.45) is 2.52. The predicted molar refractivity (Wildman–Crippen MR) is 98.0 cm³/mol. The zero-order valence-electron chi connectivity index (χ0n) is 14.5. The number of aromatic nitrogens is 2. The Balaban J connectivity index is 1.94. The maximum atomic E-state index is 12.8. The van der Waals surface area contributed by atoms with E-state index in [0.717, 1.165) is 16.9 Å². The van der Waals surface area contributed by atoms with E-state index >= 15 is 0 Å². The Hall–Kier alpha value is -3.15. The molecule has 0 bridgehead atoms. The van der Waals surface area contributed by atoms with Crippen LogP contribution in [0.25, 0.3) is 5.65 Å². The van der Waals surface area contributed by atoms with Gasteiger partial charge in [0.25, 0.3) is 5.91 Å². The van der Waals surface area contributed by atoms with Crippen molar-refractivity contribution in [3.8, 4) is 0 Å². The number of fused-ring (bicyclic) bond motifs is 1. The molecule has 0 aliphatic heterocycles. The van der Waals surface area contributed by atoms with Crippen LogP contribution in [-0.2, 0) is 11.2 Å². The predicted octanol–water partition coefficient (Wildman–Crippen LogP) is 3.42. The molecule has 0 radical (unpaired) electrons. The van der Waals surface area contributed by atoms with Crippen molar-refractivity contribution in [3.63, 3.8) is 0 Å². The number of imidazole rings is 1. The lowest BCUT2D eigenvalue weighted by Gasteiger charge is -2.09. The van der Waals surface area contributed by atoms with Crippen molar-refractivity contribution >= 4 is 28.8 Å². The van der Waals surface area contributed by atoms with Crippen LogP contribution in [0.5, 0.6) is 0 Å². The van der Waals surface area contributed by atoms with Gasteiger partial charge in [-0.1, -0.05) is 13.0 Å². The summed E-state index contributed by atoms with van der Waals surface area (Å²) in [5, 5.41) is 5.59. The minimum Gasteiger partial charge on any atom is -0.326 e. The Morgan fingerprint density at radius 3 is 2.52 bits per heavy atom. The van der Waals surface area contributed by atoms with Gasteiger partial charge in [0.1, 0.15) is 11.3 Å². The monoisotopic (exact) mass is 336 g/mol. The lowest BCUT2D eigenvalue weighted by molar-refractivity contribution is -0.114. The van der Waals surface area contributed by atoms with Gasteiger partial charge < -0.3 is 10.6 Å². The zero-order chi connectivity index (χ0) is 18.0. The average molecular weight is 336 g/mol. The maximum absolute atomic E-state index is 12.8. The first-order valence-electron chi connectivity index (χ1n) is 8.14. The number of carbonyl (C=O) groups is 2. The van der Waals surface area contributed by atoms with E-state index in [-0.39, 0.29) is 11.8 Å². The summed E-state index contributed by atoms with van der Waals surface area (Å²) in [7, 11) is 0. The van der Waals surface area contributed by atoms with Crippen LogP contribution in [0.4, 0.5) is 11.4 Å².